The molecule has 3 rings (SSSR count). The van der Waals surface area contributed by atoms with Crippen molar-refractivity contribution in [3.8, 4) is 0 Å². The third-order valence-electron chi connectivity index (χ3n) is 3.85. The van der Waals surface area contributed by atoms with Gasteiger partial charge in [-0.25, -0.2) is 9.78 Å². The van der Waals surface area contributed by atoms with Crippen LogP contribution in [0.25, 0.3) is 0 Å². The van der Waals surface area contributed by atoms with E-state index in [0.717, 1.165) is 39.3 Å². The van der Waals surface area contributed by atoms with Gasteiger partial charge in [0.05, 0.1) is 6.10 Å². The monoisotopic (exact) mass is 264 g/mol. The number of hydrogen-bond acceptors (Lipinski definition) is 4. The number of piperazine rings is 1. The van der Waals surface area contributed by atoms with Crippen LogP contribution in [0.2, 0.25) is 0 Å². The predicted octanol–water partition coefficient (Wildman–Crippen LogP) is 0.648. The molecule has 3 heterocycles. The molecule has 0 aliphatic carbocycles. The lowest BCUT2D eigenvalue weighted by Crippen LogP contribution is -2.51. The largest absolute Gasteiger partial charge is 0.377 e. The maximum absolute atomic E-state index is 12.1. The Morgan fingerprint density at radius 3 is 2.79 bits per heavy atom. The molecule has 2 saturated heterocycles. The van der Waals surface area contributed by atoms with Crippen LogP contribution in [0.5, 0.6) is 0 Å². The molecule has 2 fully saturated rings. The van der Waals surface area contributed by atoms with E-state index in [1.54, 1.807) is 18.7 Å². The molecule has 1 atom stereocenters. The van der Waals surface area contributed by atoms with Gasteiger partial charge < -0.3 is 9.64 Å². The smallest absolute Gasteiger partial charge is 0.329 e. The Balaban J connectivity index is 1.47. The second-order valence-electron chi connectivity index (χ2n) is 5.18. The molecule has 0 aromatic carbocycles. The van der Waals surface area contributed by atoms with Crippen molar-refractivity contribution >= 4 is 6.03 Å². The number of aromatic nitrogens is 2. The van der Waals surface area contributed by atoms with Crippen molar-refractivity contribution in [2.45, 2.75) is 18.9 Å². The normalized spacial score (nSPS) is 24.8. The molecule has 2 aliphatic rings. The quantitative estimate of drug-likeness (QED) is 0.787. The van der Waals surface area contributed by atoms with Gasteiger partial charge >= 0.3 is 6.03 Å². The third kappa shape index (κ3) is 2.96. The number of ether oxygens (including phenoxy) is 1. The van der Waals surface area contributed by atoms with Crippen molar-refractivity contribution in [1.29, 1.82) is 0 Å². The average molecular weight is 264 g/mol. The first-order chi connectivity index (χ1) is 9.33. The Morgan fingerprint density at radius 2 is 2.16 bits per heavy atom. The van der Waals surface area contributed by atoms with Crippen LogP contribution in [0.1, 0.15) is 12.8 Å². The second kappa shape index (κ2) is 5.71. The van der Waals surface area contributed by atoms with Crippen LogP contribution in [-0.4, -0.2) is 70.8 Å². The van der Waals surface area contributed by atoms with E-state index in [2.05, 4.69) is 9.88 Å². The Morgan fingerprint density at radius 1 is 1.32 bits per heavy atom. The Labute approximate surface area is 113 Å². The molecule has 1 unspecified atom stereocenters. The van der Waals surface area contributed by atoms with Gasteiger partial charge in [0.2, 0.25) is 0 Å². The number of imidazole rings is 1. The van der Waals surface area contributed by atoms with Crippen molar-refractivity contribution in [3.05, 3.63) is 18.7 Å². The van der Waals surface area contributed by atoms with Gasteiger partial charge in [-0.2, -0.15) is 0 Å². The maximum atomic E-state index is 12.1. The first kappa shape index (κ1) is 12.6. The summed E-state index contributed by atoms with van der Waals surface area (Å²) < 4.78 is 7.19. The molecule has 0 N–H and O–H groups in total. The molecule has 1 aromatic rings. The minimum absolute atomic E-state index is 0.0225. The summed E-state index contributed by atoms with van der Waals surface area (Å²) in [7, 11) is 0. The molecular formula is C13H20N4O2. The average Bonchev–Trinajstić information content (AvgIpc) is 3.12. The zero-order chi connectivity index (χ0) is 13.1. The van der Waals surface area contributed by atoms with Crippen LogP contribution in [-0.2, 0) is 4.74 Å². The highest BCUT2D eigenvalue weighted by Gasteiger charge is 2.25. The third-order valence-corrected chi connectivity index (χ3v) is 3.85. The highest BCUT2D eigenvalue weighted by atomic mass is 16.5. The van der Waals surface area contributed by atoms with Gasteiger partial charge in [0.1, 0.15) is 6.33 Å². The summed E-state index contributed by atoms with van der Waals surface area (Å²) in [6, 6.07) is 0.0225. The van der Waals surface area contributed by atoms with Crippen molar-refractivity contribution < 1.29 is 9.53 Å². The van der Waals surface area contributed by atoms with Gasteiger partial charge in [0.25, 0.3) is 0 Å². The van der Waals surface area contributed by atoms with Crippen molar-refractivity contribution in [3.63, 3.8) is 0 Å². The fourth-order valence-electron chi connectivity index (χ4n) is 2.73. The van der Waals surface area contributed by atoms with Crippen LogP contribution >= 0.6 is 0 Å². The Kier molecular flexibility index (Phi) is 3.79. The van der Waals surface area contributed by atoms with Crippen LogP contribution in [0, 0.1) is 0 Å². The van der Waals surface area contributed by atoms with Crippen molar-refractivity contribution in [2.75, 3.05) is 39.3 Å². The molecule has 104 valence electrons. The molecule has 0 saturated carbocycles. The summed E-state index contributed by atoms with van der Waals surface area (Å²) in [4.78, 5) is 20.3. The lowest BCUT2D eigenvalue weighted by atomic mass is 10.2. The summed E-state index contributed by atoms with van der Waals surface area (Å²) in [5.74, 6) is 0. The molecule has 1 amide bonds. The summed E-state index contributed by atoms with van der Waals surface area (Å²) in [6.07, 6.45) is 7.64. The van der Waals surface area contributed by atoms with E-state index in [0.29, 0.717) is 6.10 Å². The molecule has 19 heavy (non-hydrogen) atoms. The molecule has 6 nitrogen and oxygen atoms in total. The summed E-state index contributed by atoms with van der Waals surface area (Å²) in [5.41, 5.74) is 0. The first-order valence-corrected chi connectivity index (χ1v) is 6.94. The van der Waals surface area contributed by atoms with Gasteiger partial charge in [-0.15, -0.1) is 0 Å². The van der Waals surface area contributed by atoms with Crippen molar-refractivity contribution in [2.24, 2.45) is 0 Å². The lowest BCUT2D eigenvalue weighted by Gasteiger charge is -2.35. The summed E-state index contributed by atoms with van der Waals surface area (Å²) >= 11 is 0. The molecule has 0 radical (unpaired) electrons. The molecular weight excluding hydrogens is 244 g/mol. The second-order valence-corrected chi connectivity index (χ2v) is 5.18. The number of nitrogens with zero attached hydrogens (tertiary/aromatic N) is 4. The van der Waals surface area contributed by atoms with E-state index < -0.39 is 0 Å². The summed E-state index contributed by atoms with van der Waals surface area (Å²) in [6.45, 7) is 5.34. The zero-order valence-electron chi connectivity index (χ0n) is 11.1. The number of rotatable bonds is 2. The van der Waals surface area contributed by atoms with E-state index >= 15 is 0 Å². The Hall–Kier alpha value is -1.40. The highest BCUT2D eigenvalue weighted by Crippen LogP contribution is 2.14. The van der Waals surface area contributed by atoms with E-state index in [-0.39, 0.29) is 6.03 Å². The zero-order valence-corrected chi connectivity index (χ0v) is 11.1. The van der Waals surface area contributed by atoms with E-state index in [1.807, 2.05) is 4.90 Å². The Bertz CT molecular complexity index is 406. The minimum Gasteiger partial charge on any atom is -0.377 e. The van der Waals surface area contributed by atoms with Gasteiger partial charge in [0, 0.05) is 51.7 Å². The number of carbonyl (C=O) groups is 1. The first-order valence-electron chi connectivity index (χ1n) is 6.94. The van der Waals surface area contributed by atoms with Gasteiger partial charge in [0.15, 0.2) is 0 Å². The fourth-order valence-corrected chi connectivity index (χ4v) is 2.73. The molecule has 0 bridgehead atoms. The van der Waals surface area contributed by atoms with E-state index in [4.69, 9.17) is 4.74 Å². The minimum atomic E-state index is 0.0225. The molecule has 1 aromatic heterocycles. The summed E-state index contributed by atoms with van der Waals surface area (Å²) in [5, 5.41) is 0. The van der Waals surface area contributed by atoms with Gasteiger partial charge in [-0.3, -0.25) is 9.47 Å². The molecule has 2 aliphatic heterocycles. The van der Waals surface area contributed by atoms with Crippen LogP contribution in [0.15, 0.2) is 18.7 Å². The number of amides is 1. The molecule has 6 heteroatoms. The number of hydrogen-bond donors (Lipinski definition) is 0. The lowest BCUT2D eigenvalue weighted by molar-refractivity contribution is 0.0562. The SMILES string of the molecule is O=C(N1CCN(CC2CCCO2)CC1)n1ccnc1. The predicted molar refractivity (Wildman–Crippen MR) is 70.0 cm³/mol. The van der Waals surface area contributed by atoms with Crippen molar-refractivity contribution in [1.82, 2.24) is 19.4 Å². The van der Waals surface area contributed by atoms with E-state index in [9.17, 15) is 4.79 Å². The fraction of sp³-hybridized carbons (Fsp3) is 0.692. The van der Waals surface area contributed by atoms with Gasteiger partial charge in [-0.05, 0) is 12.8 Å². The topological polar surface area (TPSA) is 50.6 Å². The van der Waals surface area contributed by atoms with Gasteiger partial charge in [-0.1, -0.05) is 0 Å². The number of carbonyl (C=O) groups excluding carboxylic acids is 1. The maximum Gasteiger partial charge on any atom is 0.329 e. The van der Waals surface area contributed by atoms with Crippen LogP contribution in [0.3, 0.4) is 0 Å². The van der Waals surface area contributed by atoms with Crippen LogP contribution < -0.4 is 0 Å². The van der Waals surface area contributed by atoms with Crippen LogP contribution in [0.4, 0.5) is 4.79 Å². The van der Waals surface area contributed by atoms with E-state index in [1.165, 1.54) is 17.4 Å². The standard InChI is InChI=1S/C13H20N4O2/c18-13(17-4-3-14-11-17)16-7-5-15(6-8-16)10-12-2-1-9-19-12/h3-4,11-12H,1-2,5-10H2. The molecule has 0 spiro atoms. The highest BCUT2D eigenvalue weighted by molar-refractivity contribution is 5.76.